The van der Waals surface area contributed by atoms with Gasteiger partial charge in [-0.3, -0.25) is 4.79 Å². The normalized spacial score (nSPS) is 14.5. The van der Waals surface area contributed by atoms with Crippen LogP contribution in [-0.2, 0) is 12.0 Å². The van der Waals surface area contributed by atoms with Crippen LogP contribution in [-0.4, -0.2) is 62.0 Å². The number of hydrogen-bond acceptors (Lipinski definition) is 5. The summed E-state index contributed by atoms with van der Waals surface area (Å²) in [4.78, 5) is 31.7. The monoisotopic (exact) mass is 525 g/mol. The summed E-state index contributed by atoms with van der Waals surface area (Å²) in [5, 5.41) is 9.14. The molecule has 1 saturated heterocycles. The van der Waals surface area contributed by atoms with Crippen LogP contribution in [0.15, 0.2) is 72.8 Å². The molecular formula is C33H39N3O3. The fraction of sp³-hybridized carbons (Fsp3) is 0.333. The van der Waals surface area contributed by atoms with Gasteiger partial charge in [0.1, 0.15) is 0 Å². The van der Waals surface area contributed by atoms with Gasteiger partial charge < -0.3 is 19.8 Å². The summed E-state index contributed by atoms with van der Waals surface area (Å²) in [5.74, 6) is -1.04. The quantitative estimate of drug-likeness (QED) is 0.289. The summed E-state index contributed by atoms with van der Waals surface area (Å²) in [6, 6.07) is 21.1. The number of carboxylic acids is 1. The Hall–Kier alpha value is -3.90. The molecule has 3 aromatic carbocycles. The Morgan fingerprint density at radius 3 is 2.15 bits per heavy atom. The average Bonchev–Trinajstić information content (AvgIpc) is 2.91. The predicted octanol–water partition coefficient (Wildman–Crippen LogP) is 5.97. The van der Waals surface area contributed by atoms with Crippen molar-refractivity contribution in [3.05, 3.63) is 101 Å². The van der Waals surface area contributed by atoms with E-state index in [4.69, 9.17) is 5.11 Å². The van der Waals surface area contributed by atoms with Crippen molar-refractivity contribution in [2.75, 3.05) is 50.1 Å². The van der Waals surface area contributed by atoms with Crippen molar-refractivity contribution in [2.24, 2.45) is 0 Å². The number of carbonyl (C=O) groups is 2. The largest absolute Gasteiger partial charge is 0.478 e. The van der Waals surface area contributed by atoms with Gasteiger partial charge >= 0.3 is 5.97 Å². The van der Waals surface area contributed by atoms with Crippen LogP contribution in [0.3, 0.4) is 0 Å². The fourth-order valence-electron chi connectivity index (χ4n) is 4.96. The van der Waals surface area contributed by atoms with Gasteiger partial charge in [-0.05, 0) is 59.5 Å². The first-order valence-corrected chi connectivity index (χ1v) is 13.5. The van der Waals surface area contributed by atoms with Crippen molar-refractivity contribution in [1.82, 2.24) is 4.90 Å². The summed E-state index contributed by atoms with van der Waals surface area (Å²) >= 11 is 0. The highest BCUT2D eigenvalue weighted by Gasteiger charge is 2.28. The van der Waals surface area contributed by atoms with Gasteiger partial charge in [-0.15, -0.1) is 0 Å². The molecule has 0 saturated carbocycles. The molecule has 1 N–H and O–H groups in total. The van der Waals surface area contributed by atoms with Crippen LogP contribution in [0.1, 0.15) is 58.2 Å². The third kappa shape index (κ3) is 6.95. The second kappa shape index (κ2) is 11.9. The first kappa shape index (κ1) is 28.1. The molecule has 6 heteroatoms. The van der Waals surface area contributed by atoms with Gasteiger partial charge in [0, 0.05) is 45.3 Å². The molecule has 4 rings (SSSR count). The van der Waals surface area contributed by atoms with Gasteiger partial charge in [0.25, 0.3) is 0 Å². The van der Waals surface area contributed by atoms with Crippen molar-refractivity contribution in [2.45, 2.75) is 32.7 Å². The molecule has 0 aliphatic carbocycles. The summed E-state index contributed by atoms with van der Waals surface area (Å²) < 4.78 is 0. The van der Waals surface area contributed by atoms with Crippen molar-refractivity contribution < 1.29 is 14.7 Å². The zero-order valence-corrected chi connectivity index (χ0v) is 23.6. The molecule has 1 aliphatic rings. The number of carbonyl (C=O) groups excluding carboxylic acids is 1. The highest BCUT2D eigenvalue weighted by molar-refractivity contribution is 6.08. The number of anilines is 2. The molecule has 0 unspecified atom stereocenters. The van der Waals surface area contributed by atoms with E-state index >= 15 is 0 Å². The van der Waals surface area contributed by atoms with Crippen LogP contribution < -0.4 is 9.80 Å². The standard InChI is InChI=1S/C33H39N3O3/c1-33(2,3)28-21-27(30(37)16-13-24-11-14-26(15-12-24)32(38)39)22-29(36-19-17-34(4)18-20-36)31(28)35(5)23-25-9-7-6-8-10-25/h6-16,21-22H,17-20,23H2,1-5H3,(H,38,39). The number of allylic oxidation sites excluding steroid dienone is 1. The number of aromatic carboxylic acids is 1. The average molecular weight is 526 g/mol. The SMILES string of the molecule is CN1CCN(c2cc(C(=O)C=Cc3ccc(C(=O)O)cc3)cc(C(C)(C)C)c2N(C)Cc2ccccc2)CC1. The zero-order valence-electron chi connectivity index (χ0n) is 23.6. The maximum atomic E-state index is 13.5. The van der Waals surface area contributed by atoms with Crippen LogP contribution in [0.25, 0.3) is 6.08 Å². The summed E-state index contributed by atoms with van der Waals surface area (Å²) in [6.45, 7) is 11.1. The number of hydrogen-bond donors (Lipinski definition) is 1. The molecule has 1 aliphatic heterocycles. The van der Waals surface area contributed by atoms with E-state index in [2.05, 4.69) is 86.0 Å². The Labute approximate surface area is 232 Å². The van der Waals surface area contributed by atoms with Crippen LogP contribution in [0.4, 0.5) is 11.4 Å². The number of benzene rings is 3. The molecule has 3 aromatic rings. The molecule has 0 bridgehead atoms. The molecule has 1 fully saturated rings. The molecule has 0 aromatic heterocycles. The Balaban J connectivity index is 1.75. The number of piperazine rings is 1. The molecule has 1 heterocycles. The fourth-order valence-corrected chi connectivity index (χ4v) is 4.96. The first-order valence-electron chi connectivity index (χ1n) is 13.5. The molecule has 0 amide bonds. The topological polar surface area (TPSA) is 64.1 Å². The van der Waals surface area contributed by atoms with Gasteiger partial charge in [0.05, 0.1) is 16.9 Å². The molecule has 6 nitrogen and oxygen atoms in total. The van der Waals surface area contributed by atoms with E-state index in [9.17, 15) is 9.59 Å². The van der Waals surface area contributed by atoms with Crippen LogP contribution in [0.5, 0.6) is 0 Å². The van der Waals surface area contributed by atoms with E-state index in [0.717, 1.165) is 49.5 Å². The van der Waals surface area contributed by atoms with Crippen molar-refractivity contribution in [3.8, 4) is 0 Å². The van der Waals surface area contributed by atoms with E-state index in [-0.39, 0.29) is 16.8 Å². The number of nitrogens with zero attached hydrogens (tertiary/aromatic N) is 3. The highest BCUT2D eigenvalue weighted by Crippen LogP contribution is 2.41. The number of carboxylic acid groups (broad SMARTS) is 1. The highest BCUT2D eigenvalue weighted by atomic mass is 16.4. The van der Waals surface area contributed by atoms with Crippen LogP contribution in [0.2, 0.25) is 0 Å². The lowest BCUT2D eigenvalue weighted by Gasteiger charge is -2.39. The van der Waals surface area contributed by atoms with Gasteiger partial charge in [0.15, 0.2) is 5.78 Å². The minimum Gasteiger partial charge on any atom is -0.478 e. The Morgan fingerprint density at radius 2 is 1.56 bits per heavy atom. The Kier molecular flexibility index (Phi) is 8.56. The van der Waals surface area contributed by atoms with Crippen LogP contribution >= 0.6 is 0 Å². The maximum absolute atomic E-state index is 13.5. The van der Waals surface area contributed by atoms with E-state index in [1.54, 1.807) is 36.4 Å². The third-order valence-corrected chi connectivity index (χ3v) is 7.26. The third-order valence-electron chi connectivity index (χ3n) is 7.26. The maximum Gasteiger partial charge on any atom is 0.335 e. The predicted molar refractivity (Wildman–Crippen MR) is 160 cm³/mol. The van der Waals surface area contributed by atoms with Gasteiger partial charge in [-0.1, -0.05) is 69.3 Å². The molecule has 204 valence electrons. The second-order valence-electron chi connectivity index (χ2n) is 11.4. The van der Waals surface area contributed by atoms with Crippen molar-refractivity contribution in [3.63, 3.8) is 0 Å². The van der Waals surface area contributed by atoms with Gasteiger partial charge in [-0.2, -0.15) is 0 Å². The molecule has 0 atom stereocenters. The van der Waals surface area contributed by atoms with E-state index in [0.29, 0.717) is 5.56 Å². The van der Waals surface area contributed by atoms with E-state index in [1.807, 2.05) is 6.07 Å². The van der Waals surface area contributed by atoms with Crippen molar-refractivity contribution >= 4 is 29.2 Å². The van der Waals surface area contributed by atoms with Crippen LogP contribution in [0, 0.1) is 0 Å². The molecule has 0 spiro atoms. The van der Waals surface area contributed by atoms with E-state index < -0.39 is 5.97 Å². The van der Waals surface area contributed by atoms with Gasteiger partial charge in [0.2, 0.25) is 0 Å². The summed E-state index contributed by atoms with van der Waals surface area (Å²) in [6.07, 6.45) is 3.33. The molecule has 39 heavy (non-hydrogen) atoms. The lowest BCUT2D eigenvalue weighted by molar-refractivity contribution is 0.0696. The Morgan fingerprint density at radius 1 is 0.923 bits per heavy atom. The summed E-state index contributed by atoms with van der Waals surface area (Å²) in [5.41, 5.74) is 6.11. The zero-order chi connectivity index (χ0) is 28.2. The minimum atomic E-state index is -0.968. The first-order chi connectivity index (χ1) is 18.5. The second-order valence-corrected chi connectivity index (χ2v) is 11.4. The van der Waals surface area contributed by atoms with E-state index in [1.165, 1.54) is 11.3 Å². The number of ketones is 1. The van der Waals surface area contributed by atoms with Gasteiger partial charge in [-0.25, -0.2) is 4.79 Å². The smallest absolute Gasteiger partial charge is 0.335 e. The number of rotatable bonds is 8. The lowest BCUT2D eigenvalue weighted by Crippen LogP contribution is -2.45. The molecular weight excluding hydrogens is 486 g/mol. The lowest BCUT2D eigenvalue weighted by atomic mass is 9.83. The summed E-state index contributed by atoms with van der Waals surface area (Å²) in [7, 11) is 4.29. The Bertz CT molecular complexity index is 1330. The van der Waals surface area contributed by atoms with Crippen molar-refractivity contribution in [1.29, 1.82) is 0 Å². The minimum absolute atomic E-state index is 0.0737. The molecule has 0 radical (unpaired) electrons. The number of likely N-dealkylation sites (N-methyl/N-ethyl adjacent to an activating group) is 1.